The number of nitrogens with two attached hydrogens (primary N) is 1. The first kappa shape index (κ1) is 8.99. The maximum Gasteiger partial charge on any atom is 0.319 e. The van der Waals surface area contributed by atoms with Crippen LogP contribution in [-0.4, -0.2) is 17.6 Å². The minimum atomic E-state index is -0.941. The first-order chi connectivity index (χ1) is 4.72. The zero-order valence-electron chi connectivity index (χ0n) is 5.92. The fourth-order valence-corrected chi connectivity index (χ4v) is 0.447. The molecule has 0 aliphatic rings. The van der Waals surface area contributed by atoms with E-state index in [9.17, 15) is 4.79 Å². The quantitative estimate of drug-likeness (QED) is 0.534. The van der Waals surface area contributed by atoms with Crippen LogP contribution >= 0.6 is 0 Å². The summed E-state index contributed by atoms with van der Waals surface area (Å²) in [7, 11) is 0. The summed E-state index contributed by atoms with van der Waals surface area (Å²) in [5, 5.41) is 8.42. The second kappa shape index (κ2) is 4.83. The van der Waals surface area contributed by atoms with E-state index in [1.165, 1.54) is 0 Å². The lowest BCUT2D eigenvalue weighted by Gasteiger charge is -1.97. The molecule has 0 bridgehead atoms. The molecule has 3 N–H and O–H groups in total. The maximum atomic E-state index is 10.3. The lowest BCUT2D eigenvalue weighted by atomic mass is 10.1. The molecule has 0 aliphatic carbocycles. The Hall–Kier alpha value is -1.01. The van der Waals surface area contributed by atoms with Crippen LogP contribution in [0.4, 0.5) is 0 Å². The van der Waals surface area contributed by atoms with Crippen molar-refractivity contribution in [1.82, 2.24) is 0 Å². The molecular weight excluding hydrogens is 130 g/mol. The van der Waals surface area contributed by atoms with Crippen LogP contribution in [0.2, 0.25) is 0 Å². The molecule has 0 aromatic carbocycles. The number of hydrogen-bond donors (Lipinski definition) is 2. The lowest BCUT2D eigenvalue weighted by Crippen LogP contribution is -2.21. The van der Waals surface area contributed by atoms with Crippen LogP contribution in [-0.2, 0) is 4.79 Å². The van der Waals surface area contributed by atoms with E-state index >= 15 is 0 Å². The minimum Gasteiger partial charge on any atom is -0.480 e. The van der Waals surface area contributed by atoms with Crippen molar-refractivity contribution in [3.8, 4) is 11.8 Å². The van der Waals surface area contributed by atoms with Crippen molar-refractivity contribution in [1.29, 1.82) is 0 Å². The Kier molecular flexibility index (Phi) is 4.34. The molecule has 0 heterocycles. The Labute approximate surface area is 60.2 Å². The molecule has 0 aromatic rings. The third-order valence-electron chi connectivity index (χ3n) is 0.987. The molecule has 10 heavy (non-hydrogen) atoms. The van der Waals surface area contributed by atoms with E-state index in [1.807, 2.05) is 6.92 Å². The molecule has 3 heteroatoms. The SMILES string of the molecule is CCC#CC(CN)C(=O)O. The van der Waals surface area contributed by atoms with Gasteiger partial charge in [-0.15, -0.1) is 5.92 Å². The van der Waals surface area contributed by atoms with Crippen LogP contribution in [0, 0.1) is 17.8 Å². The van der Waals surface area contributed by atoms with E-state index in [0.717, 1.165) is 0 Å². The van der Waals surface area contributed by atoms with Crippen LogP contribution in [0.5, 0.6) is 0 Å². The minimum absolute atomic E-state index is 0.0856. The first-order valence-corrected chi connectivity index (χ1v) is 3.13. The second-order valence-corrected chi connectivity index (χ2v) is 1.80. The molecule has 1 atom stereocenters. The molecular formula is C7H11NO2. The van der Waals surface area contributed by atoms with E-state index in [1.54, 1.807) is 0 Å². The largest absolute Gasteiger partial charge is 0.480 e. The summed E-state index contributed by atoms with van der Waals surface area (Å²) in [5.41, 5.74) is 5.13. The van der Waals surface area contributed by atoms with Gasteiger partial charge in [0.15, 0.2) is 0 Å². The summed E-state index contributed by atoms with van der Waals surface area (Å²) < 4.78 is 0. The molecule has 0 aromatic heterocycles. The van der Waals surface area contributed by atoms with E-state index in [4.69, 9.17) is 10.8 Å². The van der Waals surface area contributed by atoms with Crippen molar-refractivity contribution in [2.75, 3.05) is 6.54 Å². The fourth-order valence-electron chi connectivity index (χ4n) is 0.447. The van der Waals surface area contributed by atoms with Crippen molar-refractivity contribution in [2.45, 2.75) is 13.3 Å². The molecule has 0 saturated carbocycles. The highest BCUT2D eigenvalue weighted by atomic mass is 16.4. The third kappa shape index (κ3) is 3.10. The Bertz CT molecular complexity index is 166. The number of carboxylic acid groups (broad SMARTS) is 1. The molecule has 0 spiro atoms. The number of rotatable bonds is 2. The van der Waals surface area contributed by atoms with Gasteiger partial charge in [0.1, 0.15) is 5.92 Å². The summed E-state index contributed by atoms with van der Waals surface area (Å²) in [6.45, 7) is 1.95. The second-order valence-electron chi connectivity index (χ2n) is 1.80. The van der Waals surface area contributed by atoms with Crippen LogP contribution in [0.3, 0.4) is 0 Å². The van der Waals surface area contributed by atoms with Crippen molar-refractivity contribution in [3.63, 3.8) is 0 Å². The number of hydrogen-bond acceptors (Lipinski definition) is 2. The summed E-state index contributed by atoms with van der Waals surface area (Å²) >= 11 is 0. The highest BCUT2D eigenvalue weighted by molar-refractivity contribution is 5.73. The van der Waals surface area contributed by atoms with Gasteiger partial charge in [0.25, 0.3) is 0 Å². The smallest absolute Gasteiger partial charge is 0.319 e. The lowest BCUT2D eigenvalue weighted by molar-refractivity contribution is -0.139. The van der Waals surface area contributed by atoms with E-state index in [2.05, 4.69) is 11.8 Å². The van der Waals surface area contributed by atoms with Gasteiger partial charge in [0, 0.05) is 13.0 Å². The number of carbonyl (C=O) groups is 1. The Morgan fingerprint density at radius 2 is 2.40 bits per heavy atom. The fraction of sp³-hybridized carbons (Fsp3) is 0.571. The molecule has 0 aliphatic heterocycles. The van der Waals surface area contributed by atoms with E-state index in [-0.39, 0.29) is 6.54 Å². The van der Waals surface area contributed by atoms with Gasteiger partial charge >= 0.3 is 5.97 Å². The molecule has 0 radical (unpaired) electrons. The highest BCUT2D eigenvalue weighted by Gasteiger charge is 2.10. The Morgan fingerprint density at radius 1 is 1.80 bits per heavy atom. The zero-order chi connectivity index (χ0) is 7.98. The Morgan fingerprint density at radius 3 is 2.70 bits per heavy atom. The van der Waals surface area contributed by atoms with Gasteiger partial charge in [0.2, 0.25) is 0 Å². The number of carboxylic acids is 1. The summed E-state index contributed by atoms with van der Waals surface area (Å²) in [6, 6.07) is 0. The maximum absolute atomic E-state index is 10.3. The van der Waals surface area contributed by atoms with Crippen molar-refractivity contribution in [2.24, 2.45) is 11.7 Å². The van der Waals surface area contributed by atoms with Crippen molar-refractivity contribution in [3.05, 3.63) is 0 Å². The normalized spacial score (nSPS) is 11.4. The molecule has 0 amide bonds. The molecule has 0 rings (SSSR count). The van der Waals surface area contributed by atoms with Crippen molar-refractivity contribution < 1.29 is 9.90 Å². The topological polar surface area (TPSA) is 63.3 Å². The van der Waals surface area contributed by atoms with Gasteiger partial charge in [-0.1, -0.05) is 12.8 Å². The Balaban J connectivity index is 3.95. The van der Waals surface area contributed by atoms with Crippen LogP contribution in [0.15, 0.2) is 0 Å². The average Bonchev–Trinajstić information content (AvgIpc) is 1.89. The van der Waals surface area contributed by atoms with Gasteiger partial charge in [-0.25, -0.2) is 0 Å². The number of aliphatic carboxylic acids is 1. The van der Waals surface area contributed by atoms with Crippen molar-refractivity contribution >= 4 is 5.97 Å². The predicted molar refractivity (Wildman–Crippen MR) is 38.2 cm³/mol. The monoisotopic (exact) mass is 141 g/mol. The van der Waals surface area contributed by atoms with Gasteiger partial charge in [0.05, 0.1) is 0 Å². The van der Waals surface area contributed by atoms with Gasteiger partial charge in [-0.2, -0.15) is 0 Å². The highest BCUT2D eigenvalue weighted by Crippen LogP contribution is 1.90. The van der Waals surface area contributed by atoms with Crippen LogP contribution < -0.4 is 5.73 Å². The molecule has 0 saturated heterocycles. The average molecular weight is 141 g/mol. The van der Waals surface area contributed by atoms with Gasteiger partial charge in [-0.3, -0.25) is 4.79 Å². The summed E-state index contributed by atoms with van der Waals surface area (Å²) in [4.78, 5) is 10.3. The van der Waals surface area contributed by atoms with E-state index in [0.29, 0.717) is 6.42 Å². The first-order valence-electron chi connectivity index (χ1n) is 3.13. The zero-order valence-corrected chi connectivity index (χ0v) is 5.92. The van der Waals surface area contributed by atoms with Crippen LogP contribution in [0.25, 0.3) is 0 Å². The third-order valence-corrected chi connectivity index (χ3v) is 0.987. The van der Waals surface area contributed by atoms with Gasteiger partial charge in [-0.05, 0) is 0 Å². The summed E-state index contributed by atoms with van der Waals surface area (Å²) in [5.74, 6) is 3.58. The van der Waals surface area contributed by atoms with E-state index < -0.39 is 11.9 Å². The summed E-state index contributed by atoms with van der Waals surface area (Å²) in [6.07, 6.45) is 0.670. The van der Waals surface area contributed by atoms with Crippen LogP contribution in [0.1, 0.15) is 13.3 Å². The molecule has 0 fully saturated rings. The molecule has 56 valence electrons. The molecule has 1 unspecified atom stereocenters. The predicted octanol–water partition coefficient (Wildman–Crippen LogP) is 0.0593. The van der Waals surface area contributed by atoms with Gasteiger partial charge < -0.3 is 10.8 Å². The molecule has 3 nitrogen and oxygen atoms in total. The standard InChI is InChI=1S/C7H11NO2/c1-2-3-4-6(5-8)7(9)10/h6H,2,5,8H2,1H3,(H,9,10).